The summed E-state index contributed by atoms with van der Waals surface area (Å²) in [5.74, 6) is 0. The SMILES string of the molecule is CC(N)C1=CCC(Br)C=C1. The average Bonchev–Trinajstić information content (AvgIpc) is 1.88. The second kappa shape index (κ2) is 3.35. The molecule has 1 aliphatic rings. The molecule has 1 aliphatic carbocycles. The number of hydrogen-bond acceptors (Lipinski definition) is 1. The Balaban J connectivity index is 2.59. The summed E-state index contributed by atoms with van der Waals surface area (Å²) in [6.45, 7) is 2.00. The second-order valence-corrected chi connectivity index (χ2v) is 3.78. The Bertz CT molecular complexity index is 170. The highest BCUT2D eigenvalue weighted by Gasteiger charge is 2.06. The highest BCUT2D eigenvalue weighted by Crippen LogP contribution is 2.17. The Kier molecular flexibility index (Phi) is 2.69. The molecule has 1 rings (SSSR count). The summed E-state index contributed by atoms with van der Waals surface area (Å²) >= 11 is 3.49. The third-order valence-corrected chi connectivity index (χ3v) is 2.28. The lowest BCUT2D eigenvalue weighted by Crippen LogP contribution is -2.18. The lowest BCUT2D eigenvalue weighted by atomic mass is 10.0. The third kappa shape index (κ3) is 1.96. The minimum atomic E-state index is 0.177. The van der Waals surface area contributed by atoms with Crippen molar-refractivity contribution in [3.8, 4) is 0 Å². The lowest BCUT2D eigenvalue weighted by Gasteiger charge is -2.12. The summed E-state index contributed by atoms with van der Waals surface area (Å²) in [6, 6.07) is 0.177. The molecule has 0 fully saturated rings. The van der Waals surface area contributed by atoms with Crippen LogP contribution in [0.15, 0.2) is 23.8 Å². The molecule has 0 spiro atoms. The smallest absolute Gasteiger partial charge is 0.0363 e. The van der Waals surface area contributed by atoms with Gasteiger partial charge in [-0.15, -0.1) is 0 Å². The van der Waals surface area contributed by atoms with Gasteiger partial charge < -0.3 is 5.73 Å². The molecule has 1 nitrogen and oxygen atoms in total. The van der Waals surface area contributed by atoms with Crippen LogP contribution in [-0.2, 0) is 0 Å². The Morgan fingerprint density at radius 3 is 2.90 bits per heavy atom. The van der Waals surface area contributed by atoms with Gasteiger partial charge >= 0.3 is 0 Å². The molecule has 0 saturated heterocycles. The van der Waals surface area contributed by atoms with Crippen LogP contribution in [-0.4, -0.2) is 10.9 Å². The van der Waals surface area contributed by atoms with E-state index in [0.717, 1.165) is 6.42 Å². The Morgan fingerprint density at radius 1 is 1.80 bits per heavy atom. The van der Waals surface area contributed by atoms with E-state index in [1.807, 2.05) is 6.92 Å². The van der Waals surface area contributed by atoms with Gasteiger partial charge in [0.2, 0.25) is 0 Å². The van der Waals surface area contributed by atoms with E-state index in [-0.39, 0.29) is 6.04 Å². The van der Waals surface area contributed by atoms with Gasteiger partial charge in [-0.3, -0.25) is 0 Å². The van der Waals surface area contributed by atoms with Crippen molar-refractivity contribution in [1.82, 2.24) is 0 Å². The topological polar surface area (TPSA) is 26.0 Å². The van der Waals surface area contributed by atoms with Crippen LogP contribution in [0.25, 0.3) is 0 Å². The summed E-state index contributed by atoms with van der Waals surface area (Å²) in [6.07, 6.45) is 7.48. The molecular weight excluding hydrogens is 190 g/mol. The highest BCUT2D eigenvalue weighted by molar-refractivity contribution is 9.09. The molecule has 0 aromatic carbocycles. The fourth-order valence-electron chi connectivity index (χ4n) is 0.948. The molecular formula is C8H12BrN. The van der Waals surface area contributed by atoms with Gasteiger partial charge in [0, 0.05) is 10.9 Å². The second-order valence-electron chi connectivity index (χ2n) is 2.60. The molecule has 10 heavy (non-hydrogen) atoms. The summed E-state index contributed by atoms with van der Waals surface area (Å²) < 4.78 is 0. The van der Waals surface area contributed by atoms with Crippen LogP contribution in [0.2, 0.25) is 0 Å². The van der Waals surface area contributed by atoms with Crippen molar-refractivity contribution in [2.75, 3.05) is 0 Å². The van der Waals surface area contributed by atoms with E-state index in [1.165, 1.54) is 5.57 Å². The van der Waals surface area contributed by atoms with Crippen LogP contribution in [0.3, 0.4) is 0 Å². The molecule has 56 valence electrons. The van der Waals surface area contributed by atoms with Crippen molar-refractivity contribution in [3.63, 3.8) is 0 Å². The first-order chi connectivity index (χ1) is 4.70. The average molecular weight is 202 g/mol. The zero-order chi connectivity index (χ0) is 7.56. The molecule has 0 aliphatic heterocycles. The minimum Gasteiger partial charge on any atom is -0.324 e. The van der Waals surface area contributed by atoms with E-state index >= 15 is 0 Å². The van der Waals surface area contributed by atoms with E-state index in [0.29, 0.717) is 4.83 Å². The maximum atomic E-state index is 5.68. The number of nitrogens with two attached hydrogens (primary N) is 1. The van der Waals surface area contributed by atoms with E-state index < -0.39 is 0 Å². The summed E-state index contributed by atoms with van der Waals surface area (Å²) in [5.41, 5.74) is 6.92. The van der Waals surface area contributed by atoms with Gasteiger partial charge in [0.1, 0.15) is 0 Å². The van der Waals surface area contributed by atoms with Gasteiger partial charge in [-0.1, -0.05) is 34.2 Å². The maximum Gasteiger partial charge on any atom is 0.0363 e. The third-order valence-electron chi connectivity index (χ3n) is 1.60. The molecule has 2 heteroatoms. The highest BCUT2D eigenvalue weighted by atomic mass is 79.9. The van der Waals surface area contributed by atoms with Gasteiger partial charge in [-0.05, 0) is 18.9 Å². The summed E-state index contributed by atoms with van der Waals surface area (Å²) in [4.78, 5) is 0.509. The Hall–Kier alpha value is -0.0800. The van der Waals surface area contributed by atoms with Gasteiger partial charge in [-0.2, -0.15) is 0 Å². The fourth-order valence-corrected chi connectivity index (χ4v) is 1.29. The predicted octanol–water partition coefficient (Wildman–Crippen LogP) is 1.98. The van der Waals surface area contributed by atoms with Gasteiger partial charge in [0.25, 0.3) is 0 Å². The number of allylic oxidation sites excluding steroid dienone is 2. The number of halogens is 1. The molecule has 0 aromatic heterocycles. The minimum absolute atomic E-state index is 0.177. The summed E-state index contributed by atoms with van der Waals surface area (Å²) in [7, 11) is 0. The van der Waals surface area contributed by atoms with Crippen molar-refractivity contribution in [1.29, 1.82) is 0 Å². The Labute approximate surface area is 70.1 Å². The van der Waals surface area contributed by atoms with Crippen LogP contribution in [0.4, 0.5) is 0 Å². The zero-order valence-electron chi connectivity index (χ0n) is 6.05. The van der Waals surface area contributed by atoms with Crippen LogP contribution in [0, 0.1) is 0 Å². The molecule has 0 aromatic rings. The number of alkyl halides is 1. The molecule has 2 atom stereocenters. The van der Waals surface area contributed by atoms with Crippen LogP contribution < -0.4 is 5.73 Å². The standard InChI is InChI=1S/C8H12BrN/c1-6(10)7-2-4-8(9)5-3-7/h2-4,6,8H,5,10H2,1H3. The van der Waals surface area contributed by atoms with Crippen molar-refractivity contribution in [2.45, 2.75) is 24.2 Å². The molecule has 2 N–H and O–H groups in total. The predicted molar refractivity (Wildman–Crippen MR) is 48.2 cm³/mol. The lowest BCUT2D eigenvalue weighted by molar-refractivity contribution is 0.861. The van der Waals surface area contributed by atoms with Crippen LogP contribution in [0.5, 0.6) is 0 Å². The van der Waals surface area contributed by atoms with E-state index in [1.54, 1.807) is 0 Å². The van der Waals surface area contributed by atoms with Crippen molar-refractivity contribution in [2.24, 2.45) is 5.73 Å². The molecule has 0 saturated carbocycles. The Morgan fingerprint density at radius 2 is 2.50 bits per heavy atom. The van der Waals surface area contributed by atoms with E-state index in [9.17, 15) is 0 Å². The first-order valence-corrected chi connectivity index (χ1v) is 4.39. The van der Waals surface area contributed by atoms with Gasteiger partial charge in [-0.25, -0.2) is 0 Å². The molecule has 0 heterocycles. The fraction of sp³-hybridized carbons (Fsp3) is 0.500. The van der Waals surface area contributed by atoms with Crippen molar-refractivity contribution < 1.29 is 0 Å². The monoisotopic (exact) mass is 201 g/mol. The normalized spacial score (nSPS) is 27.9. The maximum absolute atomic E-state index is 5.68. The molecule has 0 bridgehead atoms. The molecule has 0 radical (unpaired) electrons. The quantitative estimate of drug-likeness (QED) is 0.646. The summed E-state index contributed by atoms with van der Waals surface area (Å²) in [5, 5.41) is 0. The van der Waals surface area contributed by atoms with Crippen molar-refractivity contribution >= 4 is 15.9 Å². The first-order valence-electron chi connectivity index (χ1n) is 3.48. The number of rotatable bonds is 1. The van der Waals surface area contributed by atoms with Gasteiger partial charge in [0.05, 0.1) is 0 Å². The molecule has 0 amide bonds. The number of hydrogen-bond donors (Lipinski definition) is 1. The largest absolute Gasteiger partial charge is 0.324 e. The van der Waals surface area contributed by atoms with Crippen LogP contribution >= 0.6 is 15.9 Å². The van der Waals surface area contributed by atoms with E-state index in [2.05, 4.69) is 34.2 Å². The van der Waals surface area contributed by atoms with Crippen molar-refractivity contribution in [3.05, 3.63) is 23.8 Å². The zero-order valence-corrected chi connectivity index (χ0v) is 7.64. The van der Waals surface area contributed by atoms with Crippen LogP contribution in [0.1, 0.15) is 13.3 Å². The van der Waals surface area contributed by atoms with Gasteiger partial charge in [0.15, 0.2) is 0 Å². The van der Waals surface area contributed by atoms with E-state index in [4.69, 9.17) is 5.73 Å². The molecule has 2 unspecified atom stereocenters. The first kappa shape index (κ1) is 8.02.